The first-order valence-electron chi connectivity index (χ1n) is 7.95. The summed E-state index contributed by atoms with van der Waals surface area (Å²) in [6.45, 7) is 4.35. The summed E-state index contributed by atoms with van der Waals surface area (Å²) >= 11 is 0. The van der Waals surface area contributed by atoms with Crippen molar-refractivity contribution in [2.45, 2.75) is 97.3 Å². The lowest BCUT2D eigenvalue weighted by atomic mass is 9.97. The van der Waals surface area contributed by atoms with Gasteiger partial charge in [-0.3, -0.25) is 0 Å². The second-order valence-corrected chi connectivity index (χ2v) is 5.69. The molecule has 0 rings (SSSR count). The van der Waals surface area contributed by atoms with E-state index in [1.165, 1.54) is 57.8 Å². The monoisotopic (exact) mass is 262 g/mol. The Morgan fingerprint density at radius 2 is 1.17 bits per heavy atom. The van der Waals surface area contributed by atoms with Crippen LogP contribution in [0.15, 0.2) is 0 Å². The van der Waals surface area contributed by atoms with Crippen LogP contribution in [0.1, 0.15) is 90.9 Å². The summed E-state index contributed by atoms with van der Waals surface area (Å²) < 4.78 is 24.0. The van der Waals surface area contributed by atoms with Gasteiger partial charge in [0.05, 0.1) is 0 Å². The molecule has 0 spiro atoms. The van der Waals surface area contributed by atoms with Crippen LogP contribution < -0.4 is 0 Å². The Bertz CT molecular complexity index is 157. The van der Waals surface area contributed by atoms with Crippen molar-refractivity contribution in [2.75, 3.05) is 0 Å². The van der Waals surface area contributed by atoms with Crippen LogP contribution in [0.2, 0.25) is 0 Å². The topological polar surface area (TPSA) is 0 Å². The van der Waals surface area contributed by atoms with E-state index >= 15 is 0 Å². The molecule has 1 unspecified atom stereocenters. The maximum Gasteiger partial charge on any atom is 0.238 e. The molecule has 0 heterocycles. The number of halogens is 2. The van der Waals surface area contributed by atoms with Crippen LogP contribution in [0.4, 0.5) is 8.78 Å². The third kappa shape index (κ3) is 13.9. The van der Waals surface area contributed by atoms with Gasteiger partial charge in [0.1, 0.15) is 0 Å². The van der Waals surface area contributed by atoms with E-state index in [1.54, 1.807) is 0 Å². The maximum atomic E-state index is 12.0. The maximum absolute atomic E-state index is 12.0. The molecule has 0 N–H and O–H groups in total. The van der Waals surface area contributed by atoms with Crippen molar-refractivity contribution >= 4 is 0 Å². The highest BCUT2D eigenvalue weighted by atomic mass is 19.3. The summed E-state index contributed by atoms with van der Waals surface area (Å²) in [7, 11) is 0. The van der Waals surface area contributed by atoms with Crippen molar-refractivity contribution in [3.8, 4) is 0 Å². The molecule has 110 valence electrons. The van der Waals surface area contributed by atoms with Crippen molar-refractivity contribution in [3.05, 3.63) is 0 Å². The van der Waals surface area contributed by atoms with Crippen LogP contribution >= 0.6 is 0 Å². The average molecular weight is 262 g/mol. The number of hydrogen-bond donors (Lipinski definition) is 0. The first kappa shape index (κ1) is 17.9. The summed E-state index contributed by atoms with van der Waals surface area (Å²) in [6.07, 6.45) is 11.8. The zero-order valence-electron chi connectivity index (χ0n) is 12.4. The van der Waals surface area contributed by atoms with E-state index in [-0.39, 0.29) is 6.42 Å². The molecule has 2 heteroatoms. The minimum Gasteiger partial charge on any atom is -0.211 e. The molecule has 0 radical (unpaired) electrons. The van der Waals surface area contributed by atoms with Crippen LogP contribution in [0.3, 0.4) is 0 Å². The number of unbranched alkanes of at least 4 members (excludes halogenated alkanes) is 8. The lowest BCUT2D eigenvalue weighted by molar-refractivity contribution is 0.127. The molecule has 0 aliphatic heterocycles. The molecule has 0 aliphatic carbocycles. The highest BCUT2D eigenvalue weighted by Crippen LogP contribution is 2.18. The van der Waals surface area contributed by atoms with E-state index in [0.29, 0.717) is 12.3 Å². The van der Waals surface area contributed by atoms with E-state index in [4.69, 9.17) is 0 Å². The van der Waals surface area contributed by atoms with Crippen molar-refractivity contribution in [1.82, 2.24) is 0 Å². The fourth-order valence-electron chi connectivity index (χ4n) is 2.36. The molecular weight excluding hydrogens is 230 g/mol. The minimum atomic E-state index is -2.12. The summed E-state index contributed by atoms with van der Waals surface area (Å²) in [5.41, 5.74) is 0. The molecular formula is C16H32F2. The van der Waals surface area contributed by atoms with Gasteiger partial charge in [0.2, 0.25) is 6.43 Å². The Labute approximate surface area is 113 Å². The minimum absolute atomic E-state index is 0.0819. The Morgan fingerprint density at radius 3 is 1.67 bits per heavy atom. The Hall–Kier alpha value is -0.140. The number of rotatable bonds is 13. The smallest absolute Gasteiger partial charge is 0.211 e. The molecule has 0 bridgehead atoms. The van der Waals surface area contributed by atoms with Crippen LogP contribution in [-0.2, 0) is 0 Å². The number of alkyl halides is 2. The molecule has 0 nitrogen and oxygen atoms in total. The zero-order valence-corrected chi connectivity index (χ0v) is 12.4. The quantitative estimate of drug-likeness (QED) is 0.328. The lowest BCUT2D eigenvalue weighted by Crippen LogP contribution is -1.99. The second-order valence-electron chi connectivity index (χ2n) is 5.69. The van der Waals surface area contributed by atoms with E-state index < -0.39 is 6.43 Å². The van der Waals surface area contributed by atoms with Gasteiger partial charge in [0, 0.05) is 6.42 Å². The van der Waals surface area contributed by atoms with E-state index in [0.717, 1.165) is 6.42 Å². The summed E-state index contributed by atoms with van der Waals surface area (Å²) in [5.74, 6) is 0.476. The summed E-state index contributed by atoms with van der Waals surface area (Å²) in [6, 6.07) is 0. The third-order valence-corrected chi connectivity index (χ3v) is 3.68. The van der Waals surface area contributed by atoms with Crippen molar-refractivity contribution in [2.24, 2.45) is 5.92 Å². The largest absolute Gasteiger partial charge is 0.238 e. The van der Waals surface area contributed by atoms with Gasteiger partial charge in [-0.05, 0) is 12.3 Å². The fourth-order valence-corrected chi connectivity index (χ4v) is 2.36. The highest BCUT2D eigenvalue weighted by molar-refractivity contribution is 4.56. The van der Waals surface area contributed by atoms with Crippen LogP contribution in [0.5, 0.6) is 0 Å². The van der Waals surface area contributed by atoms with Crippen molar-refractivity contribution in [3.63, 3.8) is 0 Å². The lowest BCUT2D eigenvalue weighted by Gasteiger charge is -2.10. The van der Waals surface area contributed by atoms with Gasteiger partial charge in [0.25, 0.3) is 0 Å². The average Bonchev–Trinajstić information content (AvgIpc) is 2.34. The zero-order chi connectivity index (χ0) is 13.6. The SMILES string of the molecule is CCCCCCCCCCCC(C)CCC(F)F. The first-order chi connectivity index (χ1) is 8.66. The van der Waals surface area contributed by atoms with Crippen LogP contribution in [0.25, 0.3) is 0 Å². The second kappa shape index (κ2) is 13.3. The van der Waals surface area contributed by atoms with Gasteiger partial charge < -0.3 is 0 Å². The molecule has 0 aromatic rings. The van der Waals surface area contributed by atoms with Gasteiger partial charge in [-0.25, -0.2) is 8.78 Å². The van der Waals surface area contributed by atoms with Crippen LogP contribution in [-0.4, -0.2) is 6.43 Å². The molecule has 0 aliphatic rings. The van der Waals surface area contributed by atoms with E-state index in [2.05, 4.69) is 13.8 Å². The predicted molar refractivity (Wildman–Crippen MR) is 76.2 cm³/mol. The molecule has 0 saturated heterocycles. The normalized spacial score (nSPS) is 13.2. The van der Waals surface area contributed by atoms with Crippen LogP contribution in [0, 0.1) is 5.92 Å². The Balaban J connectivity index is 3.10. The summed E-state index contributed by atoms with van der Waals surface area (Å²) in [5, 5.41) is 0. The van der Waals surface area contributed by atoms with E-state index in [1.807, 2.05) is 0 Å². The molecule has 0 saturated carbocycles. The fraction of sp³-hybridized carbons (Fsp3) is 1.00. The summed E-state index contributed by atoms with van der Waals surface area (Å²) in [4.78, 5) is 0. The predicted octanol–water partition coefficient (Wildman–Crippen LogP) is 6.59. The molecule has 0 aromatic carbocycles. The number of hydrogen-bond acceptors (Lipinski definition) is 0. The standard InChI is InChI=1S/C16H32F2/c1-3-4-5-6-7-8-9-10-11-12-15(2)13-14-16(17)18/h15-16H,3-14H2,1-2H3. The Morgan fingerprint density at radius 1 is 0.667 bits per heavy atom. The third-order valence-electron chi connectivity index (χ3n) is 3.68. The first-order valence-corrected chi connectivity index (χ1v) is 7.95. The molecule has 1 atom stereocenters. The molecule has 0 amide bonds. The van der Waals surface area contributed by atoms with Gasteiger partial charge >= 0.3 is 0 Å². The molecule has 18 heavy (non-hydrogen) atoms. The van der Waals surface area contributed by atoms with E-state index in [9.17, 15) is 8.78 Å². The van der Waals surface area contributed by atoms with Gasteiger partial charge in [0.15, 0.2) is 0 Å². The van der Waals surface area contributed by atoms with Crippen molar-refractivity contribution in [1.29, 1.82) is 0 Å². The van der Waals surface area contributed by atoms with Crippen molar-refractivity contribution < 1.29 is 8.78 Å². The Kier molecular flexibility index (Phi) is 13.2. The molecule has 0 fully saturated rings. The van der Waals surface area contributed by atoms with Gasteiger partial charge in [-0.15, -0.1) is 0 Å². The highest BCUT2D eigenvalue weighted by Gasteiger charge is 2.07. The van der Waals surface area contributed by atoms with Gasteiger partial charge in [-0.1, -0.05) is 78.1 Å². The molecule has 0 aromatic heterocycles. The van der Waals surface area contributed by atoms with Gasteiger partial charge in [-0.2, -0.15) is 0 Å².